The van der Waals surface area contributed by atoms with Gasteiger partial charge in [-0.15, -0.1) is 0 Å². The van der Waals surface area contributed by atoms with E-state index in [-0.39, 0.29) is 0 Å². The number of aromatic nitrogens is 2. The van der Waals surface area contributed by atoms with E-state index in [1.807, 2.05) is 18.2 Å². The summed E-state index contributed by atoms with van der Waals surface area (Å²) in [7, 11) is 0. The largest absolute Gasteiger partial charge is 0.308 e. The summed E-state index contributed by atoms with van der Waals surface area (Å²) in [4.78, 5) is 9.19. The Bertz CT molecular complexity index is 643. The van der Waals surface area contributed by atoms with Crippen LogP contribution in [0.4, 0.5) is 5.82 Å². The molecule has 20 heavy (non-hydrogen) atoms. The molecule has 0 unspecified atom stereocenters. The predicted molar refractivity (Wildman–Crippen MR) is 84.6 cm³/mol. The lowest BCUT2D eigenvalue weighted by Crippen LogP contribution is -2.17. The third kappa shape index (κ3) is 2.53. The molecular formula is C14H14BrClN4. The first kappa shape index (κ1) is 13.8. The molecule has 2 aromatic rings. The number of benzene rings is 1. The summed E-state index contributed by atoms with van der Waals surface area (Å²) in [6, 6.07) is 5.69. The maximum absolute atomic E-state index is 6.28. The van der Waals surface area contributed by atoms with E-state index in [4.69, 9.17) is 17.4 Å². The molecule has 1 aromatic carbocycles. The minimum atomic E-state index is 0.621. The number of hydrogen-bond donors (Lipinski definition) is 2. The molecule has 4 nitrogen and oxygen atoms in total. The highest BCUT2D eigenvalue weighted by Gasteiger charge is 2.18. The van der Waals surface area contributed by atoms with Crippen LogP contribution in [0.1, 0.15) is 24.1 Å². The van der Waals surface area contributed by atoms with Crippen molar-refractivity contribution in [3.8, 4) is 11.4 Å². The van der Waals surface area contributed by atoms with Crippen molar-refractivity contribution in [3.63, 3.8) is 0 Å². The molecule has 0 spiro atoms. The van der Waals surface area contributed by atoms with Gasteiger partial charge >= 0.3 is 0 Å². The zero-order chi connectivity index (χ0) is 14.1. The van der Waals surface area contributed by atoms with Crippen LogP contribution in [0.3, 0.4) is 0 Å². The van der Waals surface area contributed by atoms with Crippen LogP contribution in [-0.4, -0.2) is 9.97 Å². The minimum Gasteiger partial charge on any atom is -0.308 e. The van der Waals surface area contributed by atoms with E-state index >= 15 is 0 Å². The molecule has 1 aliphatic carbocycles. The second kappa shape index (κ2) is 5.68. The lowest BCUT2D eigenvalue weighted by atomic mass is 9.96. The standard InChI is InChI=1S/C14H14BrClN4/c15-8-5-6-9(11(16)7-8)13-18-12-4-2-1-3-10(12)14(19-13)20-17/h5-7H,1-4,17H2,(H,18,19,20). The van der Waals surface area contributed by atoms with Gasteiger partial charge in [0.05, 0.1) is 5.02 Å². The Labute approximate surface area is 130 Å². The summed E-state index contributed by atoms with van der Waals surface area (Å²) in [5.41, 5.74) is 5.72. The van der Waals surface area contributed by atoms with E-state index in [9.17, 15) is 0 Å². The average molecular weight is 354 g/mol. The normalized spacial score (nSPS) is 13.9. The van der Waals surface area contributed by atoms with Crippen LogP contribution in [0, 0.1) is 0 Å². The van der Waals surface area contributed by atoms with Crippen LogP contribution in [0.15, 0.2) is 22.7 Å². The number of nitrogens with zero attached hydrogens (tertiary/aromatic N) is 2. The van der Waals surface area contributed by atoms with Crippen LogP contribution in [0.5, 0.6) is 0 Å². The van der Waals surface area contributed by atoms with E-state index in [0.717, 1.165) is 47.0 Å². The van der Waals surface area contributed by atoms with Crippen LogP contribution >= 0.6 is 27.5 Å². The number of fused-ring (bicyclic) bond motifs is 1. The smallest absolute Gasteiger partial charge is 0.163 e. The molecule has 0 bridgehead atoms. The monoisotopic (exact) mass is 352 g/mol. The molecule has 0 aliphatic heterocycles. The Balaban J connectivity index is 2.14. The van der Waals surface area contributed by atoms with Crippen molar-refractivity contribution in [2.75, 3.05) is 5.43 Å². The average Bonchev–Trinajstić information content (AvgIpc) is 2.46. The van der Waals surface area contributed by atoms with E-state index in [0.29, 0.717) is 16.7 Å². The Kier molecular flexibility index (Phi) is 3.92. The van der Waals surface area contributed by atoms with Gasteiger partial charge in [0.2, 0.25) is 0 Å². The van der Waals surface area contributed by atoms with Gasteiger partial charge in [-0.25, -0.2) is 15.8 Å². The molecule has 6 heteroatoms. The van der Waals surface area contributed by atoms with E-state index in [2.05, 4.69) is 31.3 Å². The third-order valence-electron chi connectivity index (χ3n) is 3.49. The summed E-state index contributed by atoms with van der Waals surface area (Å²) in [6.07, 6.45) is 4.25. The Morgan fingerprint density at radius 1 is 1.20 bits per heavy atom. The first-order chi connectivity index (χ1) is 9.69. The number of aryl methyl sites for hydroxylation is 1. The quantitative estimate of drug-likeness (QED) is 0.638. The summed E-state index contributed by atoms with van der Waals surface area (Å²) in [5.74, 6) is 6.94. The van der Waals surface area contributed by atoms with E-state index in [1.54, 1.807) is 0 Å². The summed E-state index contributed by atoms with van der Waals surface area (Å²) < 4.78 is 0.932. The number of hydrogen-bond acceptors (Lipinski definition) is 4. The fourth-order valence-electron chi connectivity index (χ4n) is 2.50. The maximum Gasteiger partial charge on any atom is 0.163 e. The van der Waals surface area contributed by atoms with Gasteiger partial charge in [-0.05, 0) is 43.9 Å². The van der Waals surface area contributed by atoms with Crippen molar-refractivity contribution in [3.05, 3.63) is 39.0 Å². The zero-order valence-corrected chi connectivity index (χ0v) is 13.1. The molecule has 0 saturated carbocycles. The maximum atomic E-state index is 6.28. The summed E-state index contributed by atoms with van der Waals surface area (Å²) in [6.45, 7) is 0. The predicted octanol–water partition coefficient (Wildman–Crippen LogP) is 3.72. The number of nitrogens with two attached hydrogens (primary N) is 1. The molecule has 0 saturated heterocycles. The van der Waals surface area contributed by atoms with Gasteiger partial charge in [-0.2, -0.15) is 0 Å². The second-order valence-corrected chi connectivity index (χ2v) is 6.12. The fraction of sp³-hybridized carbons (Fsp3) is 0.286. The van der Waals surface area contributed by atoms with E-state index in [1.165, 1.54) is 0 Å². The van der Waals surface area contributed by atoms with Crippen molar-refractivity contribution in [1.82, 2.24) is 9.97 Å². The molecule has 104 valence electrons. The highest BCUT2D eigenvalue weighted by Crippen LogP contribution is 2.32. The Hall–Kier alpha value is -1.17. The highest BCUT2D eigenvalue weighted by molar-refractivity contribution is 9.10. The topological polar surface area (TPSA) is 63.8 Å². The molecule has 0 fully saturated rings. The first-order valence-corrected chi connectivity index (χ1v) is 7.68. The van der Waals surface area contributed by atoms with Crippen molar-refractivity contribution in [2.24, 2.45) is 5.84 Å². The second-order valence-electron chi connectivity index (χ2n) is 4.80. The Morgan fingerprint density at radius 3 is 2.75 bits per heavy atom. The van der Waals surface area contributed by atoms with Crippen LogP contribution < -0.4 is 11.3 Å². The molecule has 3 N–H and O–H groups in total. The van der Waals surface area contributed by atoms with Crippen molar-refractivity contribution < 1.29 is 0 Å². The van der Waals surface area contributed by atoms with Crippen LogP contribution in [-0.2, 0) is 12.8 Å². The molecule has 0 radical (unpaired) electrons. The number of nitrogens with one attached hydrogen (secondary N) is 1. The summed E-state index contributed by atoms with van der Waals surface area (Å²) in [5, 5.41) is 0.623. The number of hydrazine groups is 1. The van der Waals surface area contributed by atoms with Gasteiger partial charge in [0, 0.05) is 21.3 Å². The molecule has 1 aliphatic rings. The van der Waals surface area contributed by atoms with Gasteiger partial charge in [-0.3, -0.25) is 0 Å². The SMILES string of the molecule is NNc1nc(-c2ccc(Br)cc2Cl)nc2c1CCCC2. The zero-order valence-electron chi connectivity index (χ0n) is 10.8. The van der Waals surface area contributed by atoms with Crippen LogP contribution in [0.25, 0.3) is 11.4 Å². The third-order valence-corrected chi connectivity index (χ3v) is 4.30. The molecule has 3 rings (SSSR count). The van der Waals surface area contributed by atoms with Crippen molar-refractivity contribution in [2.45, 2.75) is 25.7 Å². The number of nitrogen functional groups attached to an aromatic ring is 1. The van der Waals surface area contributed by atoms with Gasteiger partial charge in [0.1, 0.15) is 5.82 Å². The first-order valence-electron chi connectivity index (χ1n) is 6.51. The summed E-state index contributed by atoms with van der Waals surface area (Å²) >= 11 is 9.68. The van der Waals surface area contributed by atoms with Gasteiger partial charge in [0.15, 0.2) is 5.82 Å². The van der Waals surface area contributed by atoms with Gasteiger partial charge < -0.3 is 5.43 Å². The fourth-order valence-corrected chi connectivity index (χ4v) is 3.26. The Morgan fingerprint density at radius 2 is 2.00 bits per heavy atom. The molecule has 0 amide bonds. The van der Waals surface area contributed by atoms with Crippen LogP contribution in [0.2, 0.25) is 5.02 Å². The van der Waals surface area contributed by atoms with Crippen molar-refractivity contribution >= 4 is 33.3 Å². The number of anilines is 1. The number of rotatable bonds is 2. The molecular weight excluding hydrogens is 340 g/mol. The molecule has 1 heterocycles. The molecule has 1 aromatic heterocycles. The minimum absolute atomic E-state index is 0.621. The van der Waals surface area contributed by atoms with Gasteiger partial charge in [0.25, 0.3) is 0 Å². The lowest BCUT2D eigenvalue weighted by Gasteiger charge is -2.19. The number of halogens is 2. The highest BCUT2D eigenvalue weighted by atomic mass is 79.9. The van der Waals surface area contributed by atoms with Gasteiger partial charge in [-0.1, -0.05) is 27.5 Å². The van der Waals surface area contributed by atoms with E-state index < -0.39 is 0 Å². The van der Waals surface area contributed by atoms with Crippen molar-refractivity contribution in [1.29, 1.82) is 0 Å². The molecule has 0 atom stereocenters. The lowest BCUT2D eigenvalue weighted by molar-refractivity contribution is 0.665.